The average Bonchev–Trinajstić information content (AvgIpc) is 3.14. The third-order valence-corrected chi connectivity index (χ3v) is 5.05. The zero-order valence-corrected chi connectivity index (χ0v) is 15.5. The molecule has 1 unspecified atom stereocenters. The maximum atomic E-state index is 13.4. The molecule has 0 fully saturated rings. The van der Waals surface area contributed by atoms with E-state index in [0.29, 0.717) is 10.8 Å². The highest BCUT2D eigenvalue weighted by molar-refractivity contribution is 7.99. The topological polar surface area (TPSA) is 63.9 Å². The molecule has 1 amide bonds. The Morgan fingerprint density at radius 3 is 2.63 bits per heavy atom. The Bertz CT molecular complexity index is 932. The van der Waals surface area contributed by atoms with E-state index in [0.717, 1.165) is 17.3 Å². The molecule has 140 valence electrons. The lowest BCUT2D eigenvalue weighted by Crippen LogP contribution is -2.31. The Hall–Kier alpha value is -2.81. The van der Waals surface area contributed by atoms with Crippen LogP contribution in [-0.4, -0.2) is 43.8 Å². The molecular formula is C18H17F2N5OS. The van der Waals surface area contributed by atoms with Crippen molar-refractivity contribution in [2.45, 2.75) is 18.1 Å². The van der Waals surface area contributed by atoms with Gasteiger partial charge >= 0.3 is 0 Å². The van der Waals surface area contributed by atoms with Gasteiger partial charge in [0, 0.05) is 7.05 Å². The molecule has 0 saturated carbocycles. The Balaban J connectivity index is 1.66. The van der Waals surface area contributed by atoms with Crippen molar-refractivity contribution in [2.75, 3.05) is 12.8 Å². The van der Waals surface area contributed by atoms with Crippen LogP contribution >= 0.6 is 11.8 Å². The molecule has 0 aliphatic carbocycles. The fourth-order valence-corrected chi connectivity index (χ4v) is 3.26. The zero-order chi connectivity index (χ0) is 19.4. The van der Waals surface area contributed by atoms with Crippen molar-refractivity contribution in [2.24, 2.45) is 0 Å². The summed E-state index contributed by atoms with van der Waals surface area (Å²) in [6.07, 6.45) is 0. The first-order valence-electron chi connectivity index (χ1n) is 8.14. The monoisotopic (exact) mass is 389 g/mol. The highest BCUT2D eigenvalue weighted by Gasteiger charge is 2.19. The number of carbonyl (C=O) groups is 1. The van der Waals surface area contributed by atoms with E-state index in [2.05, 4.69) is 15.5 Å². The second kappa shape index (κ2) is 8.26. The molecule has 0 N–H and O–H groups in total. The molecule has 1 heterocycles. The number of nitrogens with zero attached hydrogens (tertiary/aromatic N) is 5. The summed E-state index contributed by atoms with van der Waals surface area (Å²) in [5, 5.41) is 11.7. The van der Waals surface area contributed by atoms with Gasteiger partial charge in [0.05, 0.1) is 17.5 Å². The Labute approximate surface area is 159 Å². The second-order valence-electron chi connectivity index (χ2n) is 5.87. The summed E-state index contributed by atoms with van der Waals surface area (Å²) in [6, 6.07) is 11.7. The van der Waals surface area contributed by atoms with Crippen molar-refractivity contribution >= 4 is 17.7 Å². The number of thioether (sulfide) groups is 1. The van der Waals surface area contributed by atoms with Crippen molar-refractivity contribution < 1.29 is 13.6 Å². The quantitative estimate of drug-likeness (QED) is 0.606. The highest BCUT2D eigenvalue weighted by Crippen LogP contribution is 2.23. The number of tetrazole rings is 1. The minimum Gasteiger partial charge on any atom is -0.338 e. The molecule has 0 spiro atoms. The number of hydrogen-bond acceptors (Lipinski definition) is 5. The molecule has 27 heavy (non-hydrogen) atoms. The van der Waals surface area contributed by atoms with Gasteiger partial charge in [0.25, 0.3) is 0 Å². The predicted octanol–water partition coefficient (Wildman–Crippen LogP) is 3.25. The van der Waals surface area contributed by atoms with Crippen LogP contribution in [0, 0.1) is 11.6 Å². The lowest BCUT2D eigenvalue weighted by molar-refractivity contribution is -0.128. The smallest absolute Gasteiger partial charge is 0.233 e. The molecule has 1 aromatic heterocycles. The maximum absolute atomic E-state index is 13.4. The molecule has 3 rings (SSSR count). The number of halogens is 2. The van der Waals surface area contributed by atoms with E-state index in [4.69, 9.17) is 0 Å². The van der Waals surface area contributed by atoms with E-state index in [-0.39, 0.29) is 23.5 Å². The zero-order valence-electron chi connectivity index (χ0n) is 14.7. The summed E-state index contributed by atoms with van der Waals surface area (Å²) in [4.78, 5) is 14.1. The van der Waals surface area contributed by atoms with Crippen molar-refractivity contribution in [3.05, 3.63) is 65.7 Å². The fraction of sp³-hybridized carbons (Fsp3) is 0.222. The second-order valence-corrected chi connectivity index (χ2v) is 6.82. The van der Waals surface area contributed by atoms with Gasteiger partial charge in [-0.25, -0.2) is 8.78 Å². The Morgan fingerprint density at radius 1 is 1.19 bits per heavy atom. The summed E-state index contributed by atoms with van der Waals surface area (Å²) in [7, 11) is 1.69. The summed E-state index contributed by atoms with van der Waals surface area (Å²) in [5.74, 6) is -0.745. The number of hydrogen-bond donors (Lipinski definition) is 0. The molecule has 1 atom stereocenters. The van der Waals surface area contributed by atoms with Gasteiger partial charge in [0.2, 0.25) is 11.1 Å². The maximum Gasteiger partial charge on any atom is 0.233 e. The summed E-state index contributed by atoms with van der Waals surface area (Å²) < 4.78 is 27.9. The van der Waals surface area contributed by atoms with Gasteiger partial charge in [-0.1, -0.05) is 30.0 Å². The van der Waals surface area contributed by atoms with Crippen LogP contribution in [0.25, 0.3) is 5.69 Å². The van der Waals surface area contributed by atoms with Crippen LogP contribution in [0.5, 0.6) is 0 Å². The average molecular weight is 389 g/mol. The molecule has 0 radical (unpaired) electrons. The number of aromatic nitrogens is 4. The van der Waals surface area contributed by atoms with Crippen LogP contribution in [-0.2, 0) is 4.79 Å². The van der Waals surface area contributed by atoms with Crippen molar-refractivity contribution in [1.82, 2.24) is 25.1 Å². The molecule has 0 saturated heterocycles. The van der Waals surface area contributed by atoms with Crippen LogP contribution in [0.3, 0.4) is 0 Å². The van der Waals surface area contributed by atoms with E-state index in [1.54, 1.807) is 36.2 Å². The fourth-order valence-electron chi connectivity index (χ4n) is 2.45. The van der Waals surface area contributed by atoms with Gasteiger partial charge < -0.3 is 4.90 Å². The lowest BCUT2D eigenvalue weighted by atomic mass is 10.1. The number of carbonyl (C=O) groups excluding carboxylic acids is 1. The van der Waals surface area contributed by atoms with E-state index < -0.39 is 5.82 Å². The summed E-state index contributed by atoms with van der Waals surface area (Å²) >= 11 is 1.16. The van der Waals surface area contributed by atoms with Gasteiger partial charge in [-0.15, -0.1) is 5.10 Å². The standard InChI is InChI=1S/C18H17F2N5OS/c1-12(13-6-8-14(19)9-7-13)24(2)17(26)11-27-18-21-22-23-25(18)16-5-3-4-15(20)10-16/h3-10,12H,11H2,1-2H3. The van der Waals surface area contributed by atoms with Crippen molar-refractivity contribution in [1.29, 1.82) is 0 Å². The molecular weight excluding hydrogens is 372 g/mol. The molecule has 2 aromatic carbocycles. The first kappa shape index (κ1) is 19.0. The van der Waals surface area contributed by atoms with E-state index in [1.807, 2.05) is 6.92 Å². The number of rotatable bonds is 6. The first-order chi connectivity index (χ1) is 13.0. The minimum absolute atomic E-state index is 0.109. The highest BCUT2D eigenvalue weighted by atomic mass is 32.2. The summed E-state index contributed by atoms with van der Waals surface area (Å²) in [5.41, 5.74) is 1.31. The van der Waals surface area contributed by atoms with Gasteiger partial charge in [0.15, 0.2) is 0 Å². The van der Waals surface area contributed by atoms with Crippen LogP contribution in [0.15, 0.2) is 53.7 Å². The van der Waals surface area contributed by atoms with E-state index in [9.17, 15) is 13.6 Å². The predicted molar refractivity (Wildman–Crippen MR) is 97.4 cm³/mol. The SMILES string of the molecule is CC(c1ccc(F)cc1)N(C)C(=O)CSc1nnnn1-c1cccc(F)c1. The van der Waals surface area contributed by atoms with Crippen LogP contribution in [0.4, 0.5) is 8.78 Å². The van der Waals surface area contributed by atoms with Crippen LogP contribution < -0.4 is 0 Å². The summed E-state index contributed by atoms with van der Waals surface area (Å²) in [6.45, 7) is 1.87. The molecule has 9 heteroatoms. The van der Waals surface area contributed by atoms with Crippen LogP contribution in [0.1, 0.15) is 18.5 Å². The molecule has 6 nitrogen and oxygen atoms in total. The molecule has 0 aliphatic rings. The van der Waals surface area contributed by atoms with Crippen molar-refractivity contribution in [3.8, 4) is 5.69 Å². The van der Waals surface area contributed by atoms with E-state index in [1.165, 1.54) is 28.9 Å². The minimum atomic E-state index is -0.400. The van der Waals surface area contributed by atoms with Crippen molar-refractivity contribution in [3.63, 3.8) is 0 Å². The molecule has 0 bridgehead atoms. The normalized spacial score (nSPS) is 12.0. The van der Waals surface area contributed by atoms with Gasteiger partial charge in [-0.05, 0) is 53.2 Å². The third kappa shape index (κ3) is 4.48. The number of benzene rings is 2. The van der Waals surface area contributed by atoms with Gasteiger partial charge in [0.1, 0.15) is 11.6 Å². The molecule has 3 aromatic rings. The first-order valence-corrected chi connectivity index (χ1v) is 9.12. The lowest BCUT2D eigenvalue weighted by Gasteiger charge is -2.25. The van der Waals surface area contributed by atoms with Crippen LogP contribution in [0.2, 0.25) is 0 Å². The molecule has 0 aliphatic heterocycles. The Kier molecular flexibility index (Phi) is 5.80. The number of amides is 1. The largest absolute Gasteiger partial charge is 0.338 e. The van der Waals surface area contributed by atoms with Gasteiger partial charge in [-0.3, -0.25) is 4.79 Å². The Morgan fingerprint density at radius 2 is 1.93 bits per heavy atom. The van der Waals surface area contributed by atoms with E-state index >= 15 is 0 Å². The third-order valence-electron chi connectivity index (χ3n) is 4.15. The van der Waals surface area contributed by atoms with Gasteiger partial charge in [-0.2, -0.15) is 4.68 Å².